The molecule has 0 fully saturated rings. The van der Waals surface area contributed by atoms with Gasteiger partial charge in [0.2, 0.25) is 0 Å². The first-order chi connectivity index (χ1) is 5.72. The molecule has 0 aromatic carbocycles. The molecular weight excluding hydrogens is 172 g/mol. The fourth-order valence-corrected chi connectivity index (χ4v) is 1.27. The number of hydrogen-bond acceptors (Lipinski definition) is 4. The molecule has 0 aliphatic heterocycles. The van der Waals surface area contributed by atoms with E-state index in [1.807, 2.05) is 12.3 Å². The third-order valence-electron chi connectivity index (χ3n) is 1.22. The van der Waals surface area contributed by atoms with Gasteiger partial charge in [-0.1, -0.05) is 0 Å². The van der Waals surface area contributed by atoms with Crippen molar-refractivity contribution in [1.82, 2.24) is 4.98 Å². The predicted molar refractivity (Wildman–Crippen MR) is 47.5 cm³/mol. The molecule has 0 saturated heterocycles. The summed E-state index contributed by atoms with van der Waals surface area (Å²) in [4.78, 5) is 4.13. The number of aliphatic hydroxyl groups excluding tert-OH is 1. The van der Waals surface area contributed by atoms with E-state index < -0.39 is 6.10 Å². The van der Waals surface area contributed by atoms with Gasteiger partial charge >= 0.3 is 0 Å². The molecule has 1 aromatic rings. The Labute approximate surface area is 74.6 Å². The zero-order chi connectivity index (χ0) is 8.97. The van der Waals surface area contributed by atoms with E-state index in [1.54, 1.807) is 12.1 Å². The summed E-state index contributed by atoms with van der Waals surface area (Å²) < 4.78 is 0. The lowest BCUT2D eigenvalue weighted by atomic mass is 10.3. The summed E-state index contributed by atoms with van der Waals surface area (Å²) >= 11 is 1.54. The van der Waals surface area contributed by atoms with Crippen LogP contribution in [0.1, 0.15) is 10.7 Å². The Morgan fingerprint density at radius 1 is 1.83 bits per heavy atom. The minimum Gasteiger partial charge on any atom is -0.374 e. The molecule has 1 aromatic heterocycles. The van der Waals surface area contributed by atoms with Gasteiger partial charge in [0.05, 0.1) is 16.8 Å². The van der Waals surface area contributed by atoms with E-state index in [9.17, 15) is 0 Å². The van der Waals surface area contributed by atoms with Gasteiger partial charge < -0.3 is 5.11 Å². The van der Waals surface area contributed by atoms with E-state index in [-0.39, 0.29) is 0 Å². The van der Waals surface area contributed by atoms with Crippen molar-refractivity contribution in [1.29, 1.82) is 5.26 Å². The molecule has 1 heterocycles. The Balaban J connectivity index is 2.64. The number of nitriles is 1. The minimum absolute atomic E-state index is 0.784. The summed E-state index contributed by atoms with van der Waals surface area (Å²) in [7, 11) is 0. The van der Waals surface area contributed by atoms with E-state index >= 15 is 0 Å². The maximum Gasteiger partial charge on any atom is 0.159 e. The van der Waals surface area contributed by atoms with Gasteiger partial charge in [0.15, 0.2) is 6.10 Å². The highest BCUT2D eigenvalue weighted by Gasteiger charge is 1.95. The van der Waals surface area contributed by atoms with Crippen LogP contribution in [0.25, 0.3) is 6.08 Å². The van der Waals surface area contributed by atoms with Crippen LogP contribution in [0.5, 0.6) is 0 Å². The molecule has 0 saturated carbocycles. The summed E-state index contributed by atoms with van der Waals surface area (Å²) in [5.74, 6) is 0. The number of aromatic nitrogens is 1. The number of hydrogen-bond donors (Lipinski definition) is 1. The zero-order valence-electron chi connectivity index (χ0n) is 6.56. The van der Waals surface area contributed by atoms with Crippen molar-refractivity contribution < 1.29 is 5.11 Å². The van der Waals surface area contributed by atoms with Crippen LogP contribution in [0.4, 0.5) is 0 Å². The van der Waals surface area contributed by atoms with Crippen molar-refractivity contribution in [3.63, 3.8) is 0 Å². The first kappa shape index (κ1) is 8.91. The quantitative estimate of drug-likeness (QED) is 0.699. The second-order valence-corrected chi connectivity index (χ2v) is 3.29. The number of rotatable bonds is 2. The Hall–Kier alpha value is -1.18. The van der Waals surface area contributed by atoms with Crippen molar-refractivity contribution in [2.45, 2.75) is 13.0 Å². The van der Waals surface area contributed by atoms with Crippen LogP contribution in [0.2, 0.25) is 0 Å². The van der Waals surface area contributed by atoms with E-state index in [0.29, 0.717) is 0 Å². The van der Waals surface area contributed by atoms with Crippen molar-refractivity contribution in [2.24, 2.45) is 0 Å². The second kappa shape index (κ2) is 4.00. The van der Waals surface area contributed by atoms with Crippen molar-refractivity contribution in [2.75, 3.05) is 0 Å². The van der Waals surface area contributed by atoms with Crippen LogP contribution >= 0.6 is 11.3 Å². The average Bonchev–Trinajstić information content (AvgIpc) is 2.47. The number of thiazole rings is 1. The van der Waals surface area contributed by atoms with Crippen LogP contribution in [-0.2, 0) is 0 Å². The summed E-state index contributed by atoms with van der Waals surface area (Å²) in [5, 5.41) is 19.9. The normalized spacial score (nSPS) is 13.1. The minimum atomic E-state index is -1.04. The summed E-state index contributed by atoms with van der Waals surface area (Å²) in [5.41, 5.74) is 0.784. The zero-order valence-corrected chi connectivity index (χ0v) is 7.38. The molecule has 1 rings (SSSR count). The van der Waals surface area contributed by atoms with Gasteiger partial charge in [-0.15, -0.1) is 11.3 Å². The SMILES string of the molecule is Cc1nc(/C=C/[C@@H](O)C#N)cs1. The standard InChI is InChI=1S/C8H8N2OS/c1-6-10-7(5-12-6)2-3-8(11)4-9/h2-3,5,8,11H,1H3/b3-2+/t8-/m1/s1. The topological polar surface area (TPSA) is 56.9 Å². The molecule has 0 aliphatic rings. The summed E-state index contributed by atoms with van der Waals surface area (Å²) in [6.07, 6.45) is 2.01. The largest absolute Gasteiger partial charge is 0.374 e. The van der Waals surface area contributed by atoms with E-state index in [4.69, 9.17) is 10.4 Å². The Kier molecular flexibility index (Phi) is 2.97. The van der Waals surface area contributed by atoms with E-state index in [1.165, 1.54) is 17.4 Å². The average molecular weight is 180 g/mol. The molecule has 0 spiro atoms. The number of nitrogens with zero attached hydrogens (tertiary/aromatic N) is 2. The summed E-state index contributed by atoms with van der Waals surface area (Å²) in [6, 6.07) is 1.69. The maximum absolute atomic E-state index is 8.85. The molecule has 0 aliphatic carbocycles. The fraction of sp³-hybridized carbons (Fsp3) is 0.250. The molecule has 3 nitrogen and oxygen atoms in total. The van der Waals surface area contributed by atoms with Gasteiger partial charge in [0, 0.05) is 5.38 Å². The molecule has 0 unspecified atom stereocenters. The van der Waals surface area contributed by atoms with Crippen LogP contribution in [-0.4, -0.2) is 16.2 Å². The molecule has 1 atom stereocenters. The van der Waals surface area contributed by atoms with Crippen LogP contribution in [0.3, 0.4) is 0 Å². The van der Waals surface area contributed by atoms with Crippen LogP contribution in [0.15, 0.2) is 11.5 Å². The highest BCUT2D eigenvalue weighted by Crippen LogP contribution is 2.09. The van der Waals surface area contributed by atoms with Crippen molar-refractivity contribution in [3.05, 3.63) is 22.2 Å². The van der Waals surface area contributed by atoms with E-state index in [2.05, 4.69) is 4.98 Å². The molecule has 62 valence electrons. The van der Waals surface area contributed by atoms with Gasteiger partial charge in [-0.2, -0.15) is 5.26 Å². The number of aryl methyl sites for hydroxylation is 1. The van der Waals surface area contributed by atoms with Gasteiger partial charge in [0.25, 0.3) is 0 Å². The van der Waals surface area contributed by atoms with E-state index in [0.717, 1.165) is 10.7 Å². The highest BCUT2D eigenvalue weighted by molar-refractivity contribution is 7.09. The monoisotopic (exact) mass is 180 g/mol. The van der Waals surface area contributed by atoms with Crippen LogP contribution < -0.4 is 0 Å². The third kappa shape index (κ3) is 2.46. The fourth-order valence-electron chi connectivity index (χ4n) is 0.689. The lowest BCUT2D eigenvalue weighted by Gasteiger charge is -1.87. The summed E-state index contributed by atoms with van der Waals surface area (Å²) in [6.45, 7) is 1.91. The molecule has 0 radical (unpaired) electrons. The molecular formula is C8H8N2OS. The lowest BCUT2D eigenvalue weighted by Crippen LogP contribution is -1.95. The van der Waals surface area contributed by atoms with Crippen LogP contribution in [0, 0.1) is 18.3 Å². The third-order valence-corrected chi connectivity index (χ3v) is 2.01. The molecule has 4 heteroatoms. The number of aliphatic hydroxyl groups is 1. The Morgan fingerprint density at radius 2 is 2.58 bits per heavy atom. The van der Waals surface area contributed by atoms with Crippen molar-refractivity contribution >= 4 is 17.4 Å². The van der Waals surface area contributed by atoms with Gasteiger partial charge in [0.1, 0.15) is 0 Å². The van der Waals surface area contributed by atoms with Gasteiger partial charge in [-0.3, -0.25) is 0 Å². The Morgan fingerprint density at radius 3 is 3.08 bits per heavy atom. The second-order valence-electron chi connectivity index (χ2n) is 2.22. The lowest BCUT2D eigenvalue weighted by molar-refractivity contribution is 0.279. The molecule has 0 amide bonds. The first-order valence-electron chi connectivity index (χ1n) is 3.40. The van der Waals surface area contributed by atoms with Crippen molar-refractivity contribution in [3.8, 4) is 6.07 Å². The Bertz CT molecular complexity index is 324. The molecule has 0 bridgehead atoms. The molecule has 12 heavy (non-hydrogen) atoms. The molecule has 1 N–H and O–H groups in total. The van der Waals surface area contributed by atoms with Gasteiger partial charge in [-0.25, -0.2) is 4.98 Å². The first-order valence-corrected chi connectivity index (χ1v) is 4.28. The smallest absolute Gasteiger partial charge is 0.159 e. The predicted octanol–water partition coefficient (Wildman–Crippen LogP) is 1.35. The highest BCUT2D eigenvalue weighted by atomic mass is 32.1. The van der Waals surface area contributed by atoms with Gasteiger partial charge in [-0.05, 0) is 19.1 Å². The maximum atomic E-state index is 8.85.